The number of benzene rings is 1. The lowest BCUT2D eigenvalue weighted by Gasteiger charge is -2.00. The molecule has 1 aromatic heterocycles. The lowest BCUT2D eigenvalue weighted by molar-refractivity contribution is 0.548. The van der Waals surface area contributed by atoms with Crippen LogP contribution in [0.15, 0.2) is 35.4 Å². The van der Waals surface area contributed by atoms with Gasteiger partial charge in [-0.25, -0.2) is 4.98 Å². The molecule has 0 atom stereocenters. The summed E-state index contributed by atoms with van der Waals surface area (Å²) in [6.07, 6.45) is 0. The largest absolute Gasteiger partial charge is 0.349 e. The van der Waals surface area contributed by atoms with Gasteiger partial charge in [-0.15, -0.1) is 0 Å². The number of hydrogen-bond acceptors (Lipinski definition) is 3. The van der Waals surface area contributed by atoms with E-state index in [4.69, 9.17) is 0 Å². The first kappa shape index (κ1) is 10.0. The van der Waals surface area contributed by atoms with Crippen molar-refractivity contribution in [3.05, 3.63) is 35.9 Å². The molecule has 0 radical (unpaired) electrons. The van der Waals surface area contributed by atoms with Crippen molar-refractivity contribution in [3.63, 3.8) is 0 Å². The van der Waals surface area contributed by atoms with Gasteiger partial charge in [-0.1, -0.05) is 15.5 Å². The van der Waals surface area contributed by atoms with Crippen LogP contribution in [0.5, 0.6) is 0 Å². The second-order valence-corrected chi connectivity index (χ2v) is 4.58. The number of nitrogens with zero attached hydrogens (tertiary/aromatic N) is 1. The number of rotatable bonds is 1. The van der Waals surface area contributed by atoms with E-state index in [1.165, 1.54) is 0 Å². The maximum atomic E-state index is 12.6. The van der Waals surface area contributed by atoms with E-state index in [2.05, 4.69) is 4.98 Å². The van der Waals surface area contributed by atoms with Crippen LogP contribution >= 0.6 is 0 Å². The van der Waals surface area contributed by atoms with Gasteiger partial charge >= 0.3 is 10.2 Å². The summed E-state index contributed by atoms with van der Waals surface area (Å²) in [6.45, 7) is 1.92. The lowest BCUT2D eigenvalue weighted by Crippen LogP contribution is -1.95. The topological polar surface area (TPSA) is 47.0 Å². The predicted molar refractivity (Wildman–Crippen MR) is 54.8 cm³/mol. The fraction of sp³-hybridized carbons (Fsp3) is 0.100. The van der Waals surface area contributed by atoms with Gasteiger partial charge in [-0.05, 0) is 31.2 Å². The summed E-state index contributed by atoms with van der Waals surface area (Å²) in [6, 6.07) is 8.03. The highest BCUT2D eigenvalue weighted by Crippen LogP contribution is 2.17. The molecule has 0 N–H and O–H groups in total. The van der Waals surface area contributed by atoms with E-state index in [1.54, 1.807) is 18.2 Å². The summed E-state index contributed by atoms with van der Waals surface area (Å²) >= 11 is 0. The van der Waals surface area contributed by atoms with E-state index in [1.807, 2.05) is 13.0 Å². The van der Waals surface area contributed by atoms with Crippen molar-refractivity contribution in [1.82, 2.24) is 4.98 Å². The Balaban J connectivity index is 2.73. The van der Waals surface area contributed by atoms with E-state index in [0.29, 0.717) is 5.52 Å². The molecule has 15 heavy (non-hydrogen) atoms. The molecule has 0 spiro atoms. The van der Waals surface area contributed by atoms with E-state index in [0.717, 1.165) is 17.0 Å². The number of fused-ring (bicyclic) bond motifs is 1. The molecule has 1 aromatic carbocycles. The Hall–Kier alpha value is -1.49. The molecule has 0 saturated heterocycles. The number of pyridine rings is 1. The fourth-order valence-electron chi connectivity index (χ4n) is 1.36. The first-order chi connectivity index (χ1) is 6.97. The smallest absolute Gasteiger partial charge is 0.234 e. The second kappa shape index (κ2) is 3.27. The SMILES string of the molecule is Cc1ccc2nc(S(=O)(=O)F)ccc2c1. The van der Waals surface area contributed by atoms with E-state index in [9.17, 15) is 12.3 Å². The zero-order valence-electron chi connectivity index (χ0n) is 7.94. The second-order valence-electron chi connectivity index (χ2n) is 3.28. The monoisotopic (exact) mass is 225 g/mol. The summed E-state index contributed by atoms with van der Waals surface area (Å²) in [5.41, 5.74) is 1.51. The molecule has 1 heterocycles. The Morgan fingerprint density at radius 3 is 2.60 bits per heavy atom. The van der Waals surface area contributed by atoms with Gasteiger partial charge in [0.05, 0.1) is 5.52 Å². The minimum absolute atomic E-state index is 0.472. The Kier molecular flexibility index (Phi) is 2.19. The van der Waals surface area contributed by atoms with Gasteiger partial charge in [0.15, 0.2) is 5.03 Å². The average molecular weight is 225 g/mol. The van der Waals surface area contributed by atoms with Crippen LogP contribution in [0, 0.1) is 6.92 Å². The Morgan fingerprint density at radius 1 is 1.20 bits per heavy atom. The van der Waals surface area contributed by atoms with Gasteiger partial charge in [-0.2, -0.15) is 8.42 Å². The molecule has 2 rings (SSSR count). The minimum Gasteiger partial charge on any atom is -0.234 e. The first-order valence-electron chi connectivity index (χ1n) is 4.29. The van der Waals surface area contributed by atoms with Crippen LogP contribution in [-0.4, -0.2) is 13.4 Å². The molecular formula is C10H8FNO2S. The van der Waals surface area contributed by atoms with Crippen molar-refractivity contribution in [2.24, 2.45) is 0 Å². The Bertz CT molecular complexity index is 622. The number of halogens is 1. The van der Waals surface area contributed by atoms with E-state index in [-0.39, 0.29) is 0 Å². The molecule has 78 valence electrons. The standard InChI is InChI=1S/C10H8FNO2S/c1-7-2-4-9-8(6-7)3-5-10(12-9)15(11,13)14/h2-6H,1H3. The van der Waals surface area contributed by atoms with E-state index >= 15 is 0 Å². The van der Waals surface area contributed by atoms with Crippen molar-refractivity contribution in [2.45, 2.75) is 11.9 Å². The molecule has 5 heteroatoms. The van der Waals surface area contributed by atoms with Gasteiger partial charge in [0.25, 0.3) is 0 Å². The van der Waals surface area contributed by atoms with Crippen LogP contribution in [-0.2, 0) is 10.2 Å². The molecule has 0 fully saturated rings. The number of aryl methyl sites for hydroxylation is 1. The van der Waals surface area contributed by atoms with Crippen molar-refractivity contribution in [2.75, 3.05) is 0 Å². The highest BCUT2D eigenvalue weighted by Gasteiger charge is 2.13. The highest BCUT2D eigenvalue weighted by molar-refractivity contribution is 7.86. The summed E-state index contributed by atoms with van der Waals surface area (Å²) in [4.78, 5) is 3.72. The van der Waals surface area contributed by atoms with Gasteiger partial charge < -0.3 is 0 Å². The van der Waals surface area contributed by atoms with Gasteiger partial charge in [0, 0.05) is 5.39 Å². The van der Waals surface area contributed by atoms with Crippen LogP contribution in [0.4, 0.5) is 3.89 Å². The molecule has 0 unspecified atom stereocenters. The van der Waals surface area contributed by atoms with Gasteiger partial charge in [0.1, 0.15) is 0 Å². The zero-order chi connectivity index (χ0) is 11.1. The summed E-state index contributed by atoms with van der Waals surface area (Å²) in [5.74, 6) is 0. The van der Waals surface area contributed by atoms with Crippen molar-refractivity contribution >= 4 is 21.1 Å². The third kappa shape index (κ3) is 1.97. The van der Waals surface area contributed by atoms with Crippen LogP contribution in [0.25, 0.3) is 10.9 Å². The quantitative estimate of drug-likeness (QED) is 0.699. The molecule has 3 nitrogen and oxygen atoms in total. The van der Waals surface area contributed by atoms with Crippen molar-refractivity contribution in [1.29, 1.82) is 0 Å². The van der Waals surface area contributed by atoms with E-state index < -0.39 is 15.2 Å². The maximum Gasteiger partial charge on any atom is 0.349 e. The van der Waals surface area contributed by atoms with Crippen LogP contribution < -0.4 is 0 Å². The van der Waals surface area contributed by atoms with Crippen LogP contribution in [0.3, 0.4) is 0 Å². The van der Waals surface area contributed by atoms with Crippen LogP contribution in [0.2, 0.25) is 0 Å². The molecule has 0 amide bonds. The third-order valence-corrected chi connectivity index (χ3v) is 2.80. The molecule has 0 bridgehead atoms. The summed E-state index contributed by atoms with van der Waals surface area (Å²) in [7, 11) is -4.72. The molecular weight excluding hydrogens is 217 g/mol. The van der Waals surface area contributed by atoms with Crippen molar-refractivity contribution < 1.29 is 12.3 Å². The molecule has 0 saturated carbocycles. The van der Waals surface area contributed by atoms with Gasteiger partial charge in [0.2, 0.25) is 0 Å². The van der Waals surface area contributed by atoms with Crippen molar-refractivity contribution in [3.8, 4) is 0 Å². The first-order valence-corrected chi connectivity index (χ1v) is 5.67. The number of hydrogen-bond donors (Lipinski definition) is 0. The van der Waals surface area contributed by atoms with Gasteiger partial charge in [-0.3, -0.25) is 0 Å². The average Bonchev–Trinajstić information content (AvgIpc) is 2.15. The minimum atomic E-state index is -4.72. The van der Waals surface area contributed by atoms with Crippen LogP contribution in [0.1, 0.15) is 5.56 Å². The molecule has 0 aliphatic carbocycles. The molecule has 0 aliphatic rings. The predicted octanol–water partition coefficient (Wildman–Crippen LogP) is 2.20. The Morgan fingerprint density at radius 2 is 1.93 bits per heavy atom. The normalized spacial score (nSPS) is 11.9. The highest BCUT2D eigenvalue weighted by atomic mass is 32.3. The number of aromatic nitrogens is 1. The Labute approximate surface area is 86.8 Å². The summed E-state index contributed by atoms with van der Waals surface area (Å²) < 4.78 is 33.9. The lowest BCUT2D eigenvalue weighted by atomic mass is 10.1. The maximum absolute atomic E-state index is 12.6. The summed E-state index contributed by atoms with van der Waals surface area (Å²) in [5, 5.41) is 0.251. The fourth-order valence-corrected chi connectivity index (χ4v) is 1.80. The molecule has 0 aliphatic heterocycles. The molecule has 2 aromatic rings. The zero-order valence-corrected chi connectivity index (χ0v) is 8.75. The third-order valence-electron chi connectivity index (χ3n) is 2.07.